The fourth-order valence-corrected chi connectivity index (χ4v) is 3.61. The van der Waals surface area contributed by atoms with Crippen molar-refractivity contribution in [2.24, 2.45) is 5.92 Å². The first kappa shape index (κ1) is 16.1. The summed E-state index contributed by atoms with van der Waals surface area (Å²) in [4.78, 5) is 19.3. The van der Waals surface area contributed by atoms with Crippen LogP contribution in [0.4, 0.5) is 5.95 Å². The van der Waals surface area contributed by atoms with E-state index in [2.05, 4.69) is 20.4 Å². The third-order valence-corrected chi connectivity index (χ3v) is 4.80. The van der Waals surface area contributed by atoms with Crippen LogP contribution in [0.5, 0.6) is 0 Å². The van der Waals surface area contributed by atoms with Crippen LogP contribution >= 0.6 is 11.6 Å². The maximum atomic E-state index is 12.1. The van der Waals surface area contributed by atoms with Gasteiger partial charge in [-0.15, -0.1) is 0 Å². The second-order valence-corrected chi connectivity index (χ2v) is 6.90. The first-order chi connectivity index (χ1) is 12.1. The van der Waals surface area contributed by atoms with Crippen molar-refractivity contribution in [1.29, 1.82) is 0 Å². The van der Waals surface area contributed by atoms with Crippen molar-refractivity contribution in [3.63, 3.8) is 0 Å². The van der Waals surface area contributed by atoms with E-state index in [9.17, 15) is 9.90 Å². The van der Waals surface area contributed by atoms with Gasteiger partial charge in [-0.2, -0.15) is 5.10 Å². The van der Waals surface area contributed by atoms with Crippen LogP contribution in [0.3, 0.4) is 0 Å². The third kappa shape index (κ3) is 3.38. The Balaban J connectivity index is 1.48. The molecule has 1 aromatic carbocycles. The molecule has 2 aromatic heterocycles. The van der Waals surface area contributed by atoms with Gasteiger partial charge in [0.1, 0.15) is 0 Å². The average molecular weight is 360 g/mol. The summed E-state index contributed by atoms with van der Waals surface area (Å²) in [5, 5.41) is 18.9. The molecule has 3 aromatic rings. The number of H-pyrrole nitrogens is 1. The molecule has 1 aliphatic rings. The molecule has 130 valence electrons. The zero-order valence-electron chi connectivity index (χ0n) is 13.4. The molecule has 0 bridgehead atoms. The number of nitrogens with zero attached hydrogens (tertiary/aromatic N) is 3. The summed E-state index contributed by atoms with van der Waals surface area (Å²) in [6.07, 6.45) is 4.29. The molecule has 0 spiro atoms. The van der Waals surface area contributed by atoms with Crippen LogP contribution in [-0.2, 0) is 6.54 Å². The average Bonchev–Trinajstić information content (AvgIpc) is 3.13. The molecular formula is C17H18ClN5O2. The van der Waals surface area contributed by atoms with Gasteiger partial charge in [-0.1, -0.05) is 23.7 Å². The number of aliphatic hydroxyl groups excluding tert-OH is 1. The molecule has 1 unspecified atom stereocenters. The predicted octanol–water partition coefficient (Wildman–Crippen LogP) is 2.02. The van der Waals surface area contributed by atoms with Gasteiger partial charge < -0.3 is 10.4 Å². The van der Waals surface area contributed by atoms with Crippen molar-refractivity contribution in [1.82, 2.24) is 19.7 Å². The van der Waals surface area contributed by atoms with Gasteiger partial charge in [-0.25, -0.2) is 4.98 Å². The minimum Gasteiger partial charge on any atom is -0.391 e. The quantitative estimate of drug-likeness (QED) is 0.662. The van der Waals surface area contributed by atoms with Crippen molar-refractivity contribution in [3.8, 4) is 0 Å². The highest BCUT2D eigenvalue weighted by Crippen LogP contribution is 2.29. The third-order valence-electron chi connectivity index (χ3n) is 4.61. The zero-order chi connectivity index (χ0) is 17.4. The van der Waals surface area contributed by atoms with Gasteiger partial charge in [-0.05, 0) is 30.9 Å². The highest BCUT2D eigenvalue weighted by Gasteiger charge is 2.33. The van der Waals surface area contributed by atoms with E-state index in [0.29, 0.717) is 34.8 Å². The molecular weight excluding hydrogens is 342 g/mol. The summed E-state index contributed by atoms with van der Waals surface area (Å²) >= 11 is 5.89. The topological polar surface area (TPSA) is 95.8 Å². The summed E-state index contributed by atoms with van der Waals surface area (Å²) in [6, 6.07) is 7.01. The summed E-state index contributed by atoms with van der Waals surface area (Å²) in [6.45, 7) is 0.698. The van der Waals surface area contributed by atoms with Crippen LogP contribution in [0.2, 0.25) is 5.02 Å². The molecule has 3 atom stereocenters. The normalized spacial score (nSPS) is 23.2. The number of nitrogens with one attached hydrogen (secondary N) is 2. The van der Waals surface area contributed by atoms with E-state index in [0.717, 1.165) is 6.42 Å². The Morgan fingerprint density at radius 2 is 2.20 bits per heavy atom. The number of anilines is 1. The lowest BCUT2D eigenvalue weighted by molar-refractivity contribution is 0.165. The largest absolute Gasteiger partial charge is 0.391 e. The van der Waals surface area contributed by atoms with Crippen LogP contribution in [-0.4, -0.2) is 37.0 Å². The van der Waals surface area contributed by atoms with Gasteiger partial charge in [0.05, 0.1) is 34.3 Å². The Hall–Kier alpha value is -2.38. The molecule has 1 aliphatic carbocycles. The van der Waals surface area contributed by atoms with Crippen LogP contribution in [0.1, 0.15) is 12.8 Å². The molecule has 8 heteroatoms. The minimum atomic E-state index is -0.507. The molecule has 2 heterocycles. The maximum absolute atomic E-state index is 12.1. The second-order valence-electron chi connectivity index (χ2n) is 6.47. The Labute approximate surface area is 148 Å². The molecule has 7 nitrogen and oxygen atoms in total. The first-order valence-electron chi connectivity index (χ1n) is 8.20. The molecule has 0 saturated heterocycles. The van der Waals surface area contributed by atoms with E-state index in [1.807, 2.05) is 6.07 Å². The SMILES string of the molecule is O=c1[nH]c(N[C@@H]2CC(Cn3cc(Cl)cn3)C[C@H]2O)nc2ccccc12. The lowest BCUT2D eigenvalue weighted by Gasteiger charge is -2.17. The number of benzene rings is 1. The second kappa shape index (κ2) is 6.50. The lowest BCUT2D eigenvalue weighted by atomic mass is 10.1. The fourth-order valence-electron chi connectivity index (χ4n) is 3.46. The van der Waals surface area contributed by atoms with Crippen molar-refractivity contribution >= 4 is 28.5 Å². The zero-order valence-corrected chi connectivity index (χ0v) is 14.1. The van der Waals surface area contributed by atoms with Gasteiger partial charge in [0.25, 0.3) is 5.56 Å². The Morgan fingerprint density at radius 3 is 3.00 bits per heavy atom. The highest BCUT2D eigenvalue weighted by molar-refractivity contribution is 6.30. The summed E-state index contributed by atoms with van der Waals surface area (Å²) in [7, 11) is 0. The van der Waals surface area contributed by atoms with Gasteiger partial charge in [0.2, 0.25) is 5.95 Å². The van der Waals surface area contributed by atoms with Crippen LogP contribution in [0.15, 0.2) is 41.5 Å². The molecule has 1 saturated carbocycles. The van der Waals surface area contributed by atoms with E-state index in [1.165, 1.54) is 0 Å². The number of aromatic nitrogens is 4. The highest BCUT2D eigenvalue weighted by atomic mass is 35.5. The van der Waals surface area contributed by atoms with E-state index in [1.54, 1.807) is 35.3 Å². The van der Waals surface area contributed by atoms with E-state index in [-0.39, 0.29) is 17.5 Å². The standard InChI is InChI=1S/C17H18ClN5O2/c18-11-7-19-23(9-11)8-10-5-14(15(24)6-10)21-17-20-13-4-2-1-3-12(13)16(25)22-17/h1-4,7,9-10,14-15,24H,5-6,8H2,(H2,20,21,22,25)/t10?,14-,15-/m1/s1. The number of aliphatic hydroxyl groups is 1. The number of para-hydroxylation sites is 1. The van der Waals surface area contributed by atoms with E-state index >= 15 is 0 Å². The smallest absolute Gasteiger partial charge is 0.260 e. The molecule has 3 N–H and O–H groups in total. The number of fused-ring (bicyclic) bond motifs is 1. The number of rotatable bonds is 4. The van der Waals surface area contributed by atoms with Gasteiger partial charge in [-0.3, -0.25) is 14.5 Å². The van der Waals surface area contributed by atoms with Crippen molar-refractivity contribution in [3.05, 3.63) is 52.0 Å². The molecule has 1 fully saturated rings. The summed E-state index contributed by atoms with van der Waals surface area (Å²) in [5.74, 6) is 0.658. The Kier molecular flexibility index (Phi) is 4.19. The number of aromatic amines is 1. The van der Waals surface area contributed by atoms with Gasteiger partial charge >= 0.3 is 0 Å². The van der Waals surface area contributed by atoms with Crippen LogP contribution < -0.4 is 10.9 Å². The maximum Gasteiger partial charge on any atom is 0.260 e. The molecule has 0 amide bonds. The predicted molar refractivity (Wildman–Crippen MR) is 95.7 cm³/mol. The monoisotopic (exact) mass is 359 g/mol. The van der Waals surface area contributed by atoms with Crippen molar-refractivity contribution < 1.29 is 5.11 Å². The number of halogens is 1. The molecule has 0 radical (unpaired) electrons. The molecule has 4 rings (SSSR count). The fraction of sp³-hybridized carbons (Fsp3) is 0.353. The van der Waals surface area contributed by atoms with Crippen LogP contribution in [0.25, 0.3) is 10.9 Å². The minimum absolute atomic E-state index is 0.166. The Bertz CT molecular complexity index is 953. The number of hydrogen-bond acceptors (Lipinski definition) is 5. The van der Waals surface area contributed by atoms with E-state index in [4.69, 9.17) is 11.6 Å². The van der Waals surface area contributed by atoms with E-state index < -0.39 is 6.10 Å². The number of hydrogen-bond donors (Lipinski definition) is 3. The van der Waals surface area contributed by atoms with Crippen molar-refractivity contribution in [2.75, 3.05) is 5.32 Å². The van der Waals surface area contributed by atoms with Gasteiger partial charge in [0.15, 0.2) is 0 Å². The molecule has 0 aliphatic heterocycles. The lowest BCUT2D eigenvalue weighted by Crippen LogP contribution is -2.30. The first-order valence-corrected chi connectivity index (χ1v) is 8.58. The van der Waals surface area contributed by atoms with Crippen LogP contribution in [0, 0.1) is 5.92 Å². The summed E-state index contributed by atoms with van der Waals surface area (Å²) < 4.78 is 1.79. The molecule has 25 heavy (non-hydrogen) atoms. The summed E-state index contributed by atoms with van der Waals surface area (Å²) in [5.41, 5.74) is 0.437. The van der Waals surface area contributed by atoms with Gasteiger partial charge in [0, 0.05) is 12.7 Å². The van der Waals surface area contributed by atoms with Crippen molar-refractivity contribution in [2.45, 2.75) is 31.5 Å². The Morgan fingerprint density at radius 1 is 1.36 bits per heavy atom.